The third kappa shape index (κ3) is 3.11. The summed E-state index contributed by atoms with van der Waals surface area (Å²) < 4.78 is 6.01. The number of fused-ring (bicyclic) bond motifs is 1. The third-order valence-corrected chi connectivity index (χ3v) is 5.70. The van der Waals surface area contributed by atoms with Gasteiger partial charge in [0.15, 0.2) is 0 Å². The van der Waals surface area contributed by atoms with Crippen molar-refractivity contribution >= 4 is 0 Å². The predicted octanol–water partition coefficient (Wildman–Crippen LogP) is 2.44. The largest absolute Gasteiger partial charge is 0.375 e. The Balaban J connectivity index is 1.71. The molecule has 0 aromatic rings. The molecule has 0 aromatic carbocycles. The van der Waals surface area contributed by atoms with E-state index in [1.807, 2.05) is 0 Å². The molecule has 1 saturated heterocycles. The van der Waals surface area contributed by atoms with Gasteiger partial charge in [-0.3, -0.25) is 10.2 Å². The van der Waals surface area contributed by atoms with E-state index in [1.54, 1.807) is 0 Å². The molecule has 21 heavy (non-hydrogen) atoms. The molecule has 4 atom stereocenters. The van der Waals surface area contributed by atoms with Gasteiger partial charge in [-0.2, -0.15) is 5.26 Å². The molecule has 0 amide bonds. The monoisotopic (exact) mass is 291 g/mol. The van der Waals surface area contributed by atoms with Gasteiger partial charge in [0.05, 0.1) is 18.8 Å². The summed E-state index contributed by atoms with van der Waals surface area (Å²) in [6.45, 7) is 4.92. The summed E-state index contributed by atoms with van der Waals surface area (Å²) in [5.41, 5.74) is -0.292. The van der Waals surface area contributed by atoms with Crippen LogP contribution in [-0.4, -0.2) is 48.3 Å². The molecule has 1 N–H and O–H groups in total. The smallest absolute Gasteiger partial charge is 0.108 e. The molecule has 0 spiro atoms. The van der Waals surface area contributed by atoms with Crippen molar-refractivity contribution in [2.45, 2.75) is 82.0 Å². The normalized spacial score (nSPS) is 41.2. The fourth-order valence-electron chi connectivity index (χ4n) is 4.75. The number of nitrogens with one attached hydrogen (secondary N) is 1. The molecule has 4 unspecified atom stereocenters. The van der Waals surface area contributed by atoms with Crippen LogP contribution >= 0.6 is 0 Å². The Hall–Kier alpha value is -0.630. The molecule has 3 rings (SSSR count). The Labute approximate surface area is 128 Å². The lowest BCUT2D eigenvalue weighted by molar-refractivity contribution is -0.109. The molecular formula is C17H29N3O. The fourth-order valence-corrected chi connectivity index (χ4v) is 4.75. The van der Waals surface area contributed by atoms with Crippen molar-refractivity contribution in [2.24, 2.45) is 0 Å². The van der Waals surface area contributed by atoms with Crippen LogP contribution in [0.5, 0.6) is 0 Å². The maximum absolute atomic E-state index is 9.67. The average molecular weight is 291 g/mol. The van der Waals surface area contributed by atoms with Crippen molar-refractivity contribution < 1.29 is 4.74 Å². The number of nitriles is 1. The van der Waals surface area contributed by atoms with Gasteiger partial charge in [-0.1, -0.05) is 19.8 Å². The van der Waals surface area contributed by atoms with E-state index in [2.05, 4.69) is 23.2 Å². The van der Waals surface area contributed by atoms with Crippen LogP contribution in [0.2, 0.25) is 0 Å². The zero-order valence-corrected chi connectivity index (χ0v) is 13.3. The van der Waals surface area contributed by atoms with E-state index < -0.39 is 0 Å². The number of rotatable bonds is 3. The Morgan fingerprint density at radius 3 is 2.95 bits per heavy atom. The van der Waals surface area contributed by atoms with E-state index in [9.17, 15) is 5.26 Å². The number of hydrogen-bond donors (Lipinski definition) is 1. The molecule has 2 saturated carbocycles. The zero-order valence-electron chi connectivity index (χ0n) is 13.3. The zero-order chi connectivity index (χ0) is 14.7. The third-order valence-electron chi connectivity index (χ3n) is 5.70. The minimum atomic E-state index is -0.292. The first-order chi connectivity index (χ1) is 10.3. The molecule has 1 aliphatic heterocycles. The van der Waals surface area contributed by atoms with Crippen LogP contribution in [0, 0.1) is 11.3 Å². The van der Waals surface area contributed by atoms with E-state index >= 15 is 0 Å². The first kappa shape index (κ1) is 15.3. The summed E-state index contributed by atoms with van der Waals surface area (Å²) in [5.74, 6) is 0. The number of morpholine rings is 1. The maximum Gasteiger partial charge on any atom is 0.108 e. The predicted molar refractivity (Wildman–Crippen MR) is 83.0 cm³/mol. The molecule has 0 aromatic heterocycles. The second-order valence-electron chi connectivity index (χ2n) is 6.97. The standard InChI is InChI=1S/C17H29N3O/c1-2-19-17(13-18)9-5-6-14(12-17)20-10-11-21-16-8-4-3-7-15(16)20/h14-16,19H,2-12H2,1H3. The van der Waals surface area contributed by atoms with Gasteiger partial charge >= 0.3 is 0 Å². The van der Waals surface area contributed by atoms with Crippen LogP contribution in [0.4, 0.5) is 0 Å². The highest BCUT2D eigenvalue weighted by Gasteiger charge is 2.43. The summed E-state index contributed by atoms with van der Waals surface area (Å²) in [4.78, 5) is 2.70. The molecule has 1 heterocycles. The minimum absolute atomic E-state index is 0.292. The first-order valence-electron chi connectivity index (χ1n) is 8.81. The van der Waals surface area contributed by atoms with E-state index in [-0.39, 0.29) is 5.54 Å². The molecule has 118 valence electrons. The van der Waals surface area contributed by atoms with Crippen molar-refractivity contribution in [3.63, 3.8) is 0 Å². The summed E-state index contributed by atoms with van der Waals surface area (Å²) in [7, 11) is 0. The number of nitrogens with zero attached hydrogens (tertiary/aromatic N) is 2. The van der Waals surface area contributed by atoms with Crippen LogP contribution in [0.1, 0.15) is 58.3 Å². The van der Waals surface area contributed by atoms with Crippen molar-refractivity contribution in [3.05, 3.63) is 0 Å². The Morgan fingerprint density at radius 2 is 2.14 bits per heavy atom. The second kappa shape index (κ2) is 6.64. The van der Waals surface area contributed by atoms with Crippen LogP contribution in [0.25, 0.3) is 0 Å². The van der Waals surface area contributed by atoms with E-state index in [0.29, 0.717) is 18.2 Å². The molecule has 4 nitrogen and oxygen atoms in total. The highest BCUT2D eigenvalue weighted by molar-refractivity contribution is 5.11. The van der Waals surface area contributed by atoms with Gasteiger partial charge in [0, 0.05) is 18.6 Å². The van der Waals surface area contributed by atoms with Gasteiger partial charge in [0.25, 0.3) is 0 Å². The van der Waals surface area contributed by atoms with Crippen molar-refractivity contribution in [3.8, 4) is 6.07 Å². The lowest BCUT2D eigenvalue weighted by Gasteiger charge is -2.50. The summed E-state index contributed by atoms with van der Waals surface area (Å²) in [6, 6.07) is 3.76. The Morgan fingerprint density at radius 1 is 1.29 bits per heavy atom. The van der Waals surface area contributed by atoms with Gasteiger partial charge in [0.1, 0.15) is 5.54 Å². The van der Waals surface area contributed by atoms with Crippen molar-refractivity contribution in [2.75, 3.05) is 19.7 Å². The van der Waals surface area contributed by atoms with Gasteiger partial charge < -0.3 is 4.74 Å². The average Bonchev–Trinajstić information content (AvgIpc) is 2.55. The van der Waals surface area contributed by atoms with Crippen LogP contribution in [0.3, 0.4) is 0 Å². The molecular weight excluding hydrogens is 262 g/mol. The molecule has 4 heteroatoms. The van der Waals surface area contributed by atoms with Gasteiger partial charge in [-0.15, -0.1) is 0 Å². The topological polar surface area (TPSA) is 48.3 Å². The van der Waals surface area contributed by atoms with Crippen molar-refractivity contribution in [1.29, 1.82) is 5.26 Å². The highest BCUT2D eigenvalue weighted by Crippen LogP contribution is 2.36. The lowest BCUT2D eigenvalue weighted by Crippen LogP contribution is -2.60. The van der Waals surface area contributed by atoms with E-state index in [0.717, 1.165) is 32.5 Å². The van der Waals surface area contributed by atoms with Gasteiger partial charge in [-0.25, -0.2) is 0 Å². The molecule has 3 fully saturated rings. The lowest BCUT2D eigenvalue weighted by atomic mass is 9.77. The van der Waals surface area contributed by atoms with Gasteiger partial charge in [0.2, 0.25) is 0 Å². The Kier molecular flexibility index (Phi) is 4.83. The molecule has 0 bridgehead atoms. The Bertz CT molecular complexity index is 388. The summed E-state index contributed by atoms with van der Waals surface area (Å²) in [5, 5.41) is 13.1. The SMILES string of the molecule is CCNC1(C#N)CCCC(N2CCOC3CCCCC32)C1. The number of hydrogen-bond acceptors (Lipinski definition) is 4. The number of ether oxygens (including phenoxy) is 1. The molecule has 3 aliphatic rings. The van der Waals surface area contributed by atoms with Crippen LogP contribution in [-0.2, 0) is 4.74 Å². The summed E-state index contributed by atoms with van der Waals surface area (Å²) >= 11 is 0. The van der Waals surface area contributed by atoms with Crippen LogP contribution < -0.4 is 5.32 Å². The molecule has 0 radical (unpaired) electrons. The van der Waals surface area contributed by atoms with E-state index in [1.165, 1.54) is 38.5 Å². The quantitative estimate of drug-likeness (QED) is 0.867. The van der Waals surface area contributed by atoms with Crippen LogP contribution in [0.15, 0.2) is 0 Å². The van der Waals surface area contributed by atoms with Gasteiger partial charge in [-0.05, 0) is 45.1 Å². The fraction of sp³-hybridized carbons (Fsp3) is 0.941. The first-order valence-corrected chi connectivity index (χ1v) is 8.81. The minimum Gasteiger partial charge on any atom is -0.375 e. The molecule has 2 aliphatic carbocycles. The van der Waals surface area contributed by atoms with E-state index in [4.69, 9.17) is 4.74 Å². The maximum atomic E-state index is 9.67. The highest BCUT2D eigenvalue weighted by atomic mass is 16.5. The van der Waals surface area contributed by atoms with Crippen molar-refractivity contribution in [1.82, 2.24) is 10.2 Å². The second-order valence-corrected chi connectivity index (χ2v) is 6.97. The summed E-state index contributed by atoms with van der Waals surface area (Å²) in [6.07, 6.45) is 10.0.